The van der Waals surface area contributed by atoms with Crippen molar-refractivity contribution in [2.75, 3.05) is 11.9 Å². The minimum atomic E-state index is 0.0628. The van der Waals surface area contributed by atoms with Crippen LogP contribution in [0.3, 0.4) is 0 Å². The number of ketones is 1. The number of carbonyl (C=O) groups is 2. The van der Waals surface area contributed by atoms with Crippen LogP contribution in [0.15, 0.2) is 18.2 Å². The van der Waals surface area contributed by atoms with E-state index in [1.54, 1.807) is 11.9 Å². The molecule has 1 atom stereocenters. The molecule has 1 heterocycles. The molecule has 0 saturated heterocycles. The Labute approximate surface area is 114 Å². The summed E-state index contributed by atoms with van der Waals surface area (Å²) in [5, 5.41) is 0. The smallest absolute Gasteiger partial charge is 0.231 e. The number of anilines is 1. The highest BCUT2D eigenvalue weighted by Gasteiger charge is 2.25. The van der Waals surface area contributed by atoms with Crippen LogP contribution in [0.25, 0.3) is 0 Å². The van der Waals surface area contributed by atoms with Gasteiger partial charge in [0.15, 0.2) is 5.78 Å². The first-order valence-electron chi connectivity index (χ1n) is 6.98. The lowest BCUT2D eigenvalue weighted by molar-refractivity contribution is -0.117. The molecule has 1 aliphatic heterocycles. The van der Waals surface area contributed by atoms with Crippen LogP contribution in [0.2, 0.25) is 0 Å². The van der Waals surface area contributed by atoms with Gasteiger partial charge in [-0.2, -0.15) is 0 Å². The molecule has 0 spiro atoms. The van der Waals surface area contributed by atoms with E-state index < -0.39 is 0 Å². The summed E-state index contributed by atoms with van der Waals surface area (Å²) in [4.78, 5) is 25.6. The van der Waals surface area contributed by atoms with Gasteiger partial charge in [0.2, 0.25) is 5.91 Å². The van der Waals surface area contributed by atoms with Crippen LogP contribution in [0, 0.1) is 5.92 Å². The highest BCUT2D eigenvalue weighted by Crippen LogP contribution is 2.29. The van der Waals surface area contributed by atoms with Gasteiger partial charge in [0, 0.05) is 24.2 Å². The zero-order valence-electron chi connectivity index (χ0n) is 11.9. The van der Waals surface area contributed by atoms with Crippen molar-refractivity contribution in [1.82, 2.24) is 0 Å². The van der Waals surface area contributed by atoms with Crippen molar-refractivity contribution < 1.29 is 9.59 Å². The number of Topliss-reactive ketones (excluding diaryl/α,β-unsaturated/α-hetero) is 1. The number of rotatable bonds is 5. The molecule has 1 aromatic rings. The van der Waals surface area contributed by atoms with Crippen LogP contribution in [-0.4, -0.2) is 18.7 Å². The van der Waals surface area contributed by atoms with E-state index in [0.29, 0.717) is 6.42 Å². The Morgan fingerprint density at radius 2 is 2.16 bits per heavy atom. The second-order valence-corrected chi connectivity index (χ2v) is 5.38. The van der Waals surface area contributed by atoms with Crippen LogP contribution in [0.5, 0.6) is 0 Å². The van der Waals surface area contributed by atoms with Gasteiger partial charge in [0.05, 0.1) is 6.42 Å². The minimum Gasteiger partial charge on any atom is -0.315 e. The van der Waals surface area contributed by atoms with Gasteiger partial charge in [0.25, 0.3) is 0 Å². The van der Waals surface area contributed by atoms with Crippen molar-refractivity contribution in [2.24, 2.45) is 5.92 Å². The van der Waals surface area contributed by atoms with Crippen molar-refractivity contribution in [1.29, 1.82) is 0 Å². The Bertz CT molecular complexity index is 507. The molecule has 0 aliphatic carbocycles. The number of likely N-dealkylation sites (N-methyl/N-ethyl adjacent to an activating group) is 1. The molecule has 0 fully saturated rings. The van der Waals surface area contributed by atoms with Crippen LogP contribution >= 0.6 is 0 Å². The van der Waals surface area contributed by atoms with E-state index in [1.165, 1.54) is 0 Å². The average molecular weight is 259 g/mol. The van der Waals surface area contributed by atoms with E-state index in [1.807, 2.05) is 25.1 Å². The number of benzene rings is 1. The Morgan fingerprint density at radius 3 is 2.84 bits per heavy atom. The molecule has 0 radical (unpaired) electrons. The first-order valence-corrected chi connectivity index (χ1v) is 6.98. The van der Waals surface area contributed by atoms with Gasteiger partial charge in [-0.05, 0) is 30.2 Å². The summed E-state index contributed by atoms with van der Waals surface area (Å²) in [6.07, 6.45) is 3.54. The van der Waals surface area contributed by atoms with E-state index in [0.717, 1.165) is 36.1 Å². The molecule has 2 rings (SSSR count). The largest absolute Gasteiger partial charge is 0.315 e. The Hall–Kier alpha value is -1.64. The lowest BCUT2D eigenvalue weighted by atomic mass is 9.93. The molecule has 0 N–H and O–H groups in total. The third-order valence-corrected chi connectivity index (χ3v) is 3.88. The van der Waals surface area contributed by atoms with Crippen LogP contribution in [-0.2, 0) is 11.2 Å². The zero-order chi connectivity index (χ0) is 14.0. The standard InChI is InChI=1S/C16H21NO2/c1-4-5-6-11(2)16(19)12-7-8-14-13(9-12)10-15(18)17(14)3/h7-9,11H,4-6,10H2,1-3H3. The number of hydrogen-bond acceptors (Lipinski definition) is 2. The number of nitrogens with zero attached hydrogens (tertiary/aromatic N) is 1. The predicted molar refractivity (Wildman–Crippen MR) is 76.6 cm³/mol. The number of hydrogen-bond donors (Lipinski definition) is 0. The number of carbonyl (C=O) groups excluding carboxylic acids is 2. The van der Waals surface area contributed by atoms with E-state index >= 15 is 0 Å². The normalized spacial score (nSPS) is 15.5. The summed E-state index contributed by atoms with van der Waals surface area (Å²) in [5.74, 6) is 0.352. The fraction of sp³-hybridized carbons (Fsp3) is 0.500. The average Bonchev–Trinajstić information content (AvgIpc) is 2.70. The number of amides is 1. The maximum Gasteiger partial charge on any atom is 0.231 e. The van der Waals surface area contributed by atoms with Crippen molar-refractivity contribution in [3.05, 3.63) is 29.3 Å². The lowest BCUT2D eigenvalue weighted by Gasteiger charge is -2.12. The molecule has 1 unspecified atom stereocenters. The topological polar surface area (TPSA) is 37.4 Å². The SMILES string of the molecule is CCCCC(C)C(=O)c1ccc2c(c1)CC(=O)N2C. The predicted octanol–water partition coefficient (Wildman–Crippen LogP) is 3.21. The minimum absolute atomic E-state index is 0.0628. The van der Waals surface area contributed by atoms with E-state index in [-0.39, 0.29) is 17.6 Å². The third-order valence-electron chi connectivity index (χ3n) is 3.88. The van der Waals surface area contributed by atoms with Gasteiger partial charge < -0.3 is 4.90 Å². The summed E-state index contributed by atoms with van der Waals surface area (Å²) >= 11 is 0. The third kappa shape index (κ3) is 2.70. The van der Waals surface area contributed by atoms with E-state index in [4.69, 9.17) is 0 Å². The zero-order valence-corrected chi connectivity index (χ0v) is 11.9. The monoisotopic (exact) mass is 259 g/mol. The molecule has 1 aliphatic rings. The molecule has 0 saturated carbocycles. The van der Waals surface area contributed by atoms with Crippen LogP contribution in [0.1, 0.15) is 49.0 Å². The van der Waals surface area contributed by atoms with Gasteiger partial charge >= 0.3 is 0 Å². The van der Waals surface area contributed by atoms with E-state index in [2.05, 4.69) is 6.92 Å². The quantitative estimate of drug-likeness (QED) is 0.761. The molecular formula is C16H21NO2. The summed E-state index contributed by atoms with van der Waals surface area (Å²) < 4.78 is 0. The molecule has 3 heteroatoms. The highest BCUT2D eigenvalue weighted by atomic mass is 16.2. The summed E-state index contributed by atoms with van der Waals surface area (Å²) in [6.45, 7) is 4.12. The Morgan fingerprint density at radius 1 is 1.42 bits per heavy atom. The first-order chi connectivity index (χ1) is 9.04. The van der Waals surface area contributed by atoms with Crippen LogP contribution < -0.4 is 4.90 Å². The van der Waals surface area contributed by atoms with Crippen LogP contribution in [0.4, 0.5) is 5.69 Å². The first kappa shape index (κ1) is 13.8. The molecule has 102 valence electrons. The molecule has 0 bridgehead atoms. The second-order valence-electron chi connectivity index (χ2n) is 5.38. The van der Waals surface area contributed by atoms with E-state index in [9.17, 15) is 9.59 Å². The van der Waals surface area contributed by atoms with Crippen molar-refractivity contribution in [3.63, 3.8) is 0 Å². The maximum atomic E-state index is 12.3. The molecule has 3 nitrogen and oxygen atoms in total. The van der Waals surface area contributed by atoms with Gasteiger partial charge in [-0.1, -0.05) is 26.7 Å². The fourth-order valence-electron chi connectivity index (χ4n) is 2.55. The van der Waals surface area contributed by atoms with Gasteiger partial charge in [-0.15, -0.1) is 0 Å². The Kier molecular flexibility index (Phi) is 4.03. The summed E-state index contributed by atoms with van der Waals surface area (Å²) in [5.41, 5.74) is 2.65. The van der Waals surface area contributed by atoms with Crippen molar-refractivity contribution >= 4 is 17.4 Å². The van der Waals surface area contributed by atoms with Gasteiger partial charge in [-0.25, -0.2) is 0 Å². The second kappa shape index (κ2) is 5.55. The lowest BCUT2D eigenvalue weighted by Crippen LogP contribution is -2.20. The highest BCUT2D eigenvalue weighted by molar-refractivity contribution is 6.03. The number of unbranched alkanes of at least 4 members (excludes halogenated alkanes) is 1. The molecule has 1 amide bonds. The Balaban J connectivity index is 2.17. The summed E-state index contributed by atoms with van der Waals surface area (Å²) in [7, 11) is 1.78. The molecule has 0 aromatic heterocycles. The molecular weight excluding hydrogens is 238 g/mol. The van der Waals surface area contributed by atoms with Gasteiger partial charge in [0.1, 0.15) is 0 Å². The molecule has 1 aromatic carbocycles. The van der Waals surface area contributed by atoms with Gasteiger partial charge in [-0.3, -0.25) is 9.59 Å². The molecule has 19 heavy (non-hydrogen) atoms. The van der Waals surface area contributed by atoms with Crippen molar-refractivity contribution in [3.8, 4) is 0 Å². The number of fused-ring (bicyclic) bond motifs is 1. The fourth-order valence-corrected chi connectivity index (χ4v) is 2.55. The van der Waals surface area contributed by atoms with Crippen molar-refractivity contribution in [2.45, 2.75) is 39.5 Å². The summed E-state index contributed by atoms with van der Waals surface area (Å²) in [6, 6.07) is 5.63. The maximum absolute atomic E-state index is 12.3.